The van der Waals surface area contributed by atoms with Crippen molar-refractivity contribution in [1.29, 1.82) is 0 Å². The SMILES string of the molecule is Cc1cc(=S)n2[nH]c(CC(=O)O)nc2n1. The number of nitrogens with one attached hydrogen (secondary N) is 1. The van der Waals surface area contributed by atoms with Crippen molar-refractivity contribution in [2.24, 2.45) is 0 Å². The van der Waals surface area contributed by atoms with Crippen LogP contribution in [0.25, 0.3) is 5.78 Å². The van der Waals surface area contributed by atoms with Crippen LogP contribution in [0.4, 0.5) is 0 Å². The zero-order chi connectivity index (χ0) is 11.0. The molecule has 0 saturated heterocycles. The van der Waals surface area contributed by atoms with Gasteiger partial charge in [-0.3, -0.25) is 9.89 Å². The van der Waals surface area contributed by atoms with E-state index in [1.165, 1.54) is 4.52 Å². The van der Waals surface area contributed by atoms with E-state index in [-0.39, 0.29) is 6.42 Å². The molecule has 2 heterocycles. The van der Waals surface area contributed by atoms with Crippen molar-refractivity contribution in [2.45, 2.75) is 13.3 Å². The molecule has 0 amide bonds. The molecule has 2 aromatic heterocycles. The highest BCUT2D eigenvalue weighted by molar-refractivity contribution is 7.71. The van der Waals surface area contributed by atoms with Gasteiger partial charge >= 0.3 is 5.97 Å². The Morgan fingerprint density at radius 1 is 1.67 bits per heavy atom. The molecule has 0 unspecified atom stereocenters. The Morgan fingerprint density at radius 2 is 2.40 bits per heavy atom. The monoisotopic (exact) mass is 224 g/mol. The average Bonchev–Trinajstić information content (AvgIpc) is 2.45. The van der Waals surface area contributed by atoms with E-state index in [0.29, 0.717) is 16.2 Å². The molecule has 0 saturated carbocycles. The Hall–Kier alpha value is -1.76. The number of rotatable bonds is 2. The van der Waals surface area contributed by atoms with Crippen LogP contribution in [0.15, 0.2) is 6.07 Å². The molecule has 0 atom stereocenters. The van der Waals surface area contributed by atoms with Gasteiger partial charge in [0.15, 0.2) is 0 Å². The summed E-state index contributed by atoms with van der Waals surface area (Å²) in [5.74, 6) is -0.208. The maximum Gasteiger partial charge on any atom is 0.311 e. The number of aromatic nitrogens is 4. The first-order valence-electron chi connectivity index (χ1n) is 4.23. The summed E-state index contributed by atoms with van der Waals surface area (Å²) in [5.41, 5.74) is 0.758. The number of carbonyl (C=O) groups is 1. The van der Waals surface area contributed by atoms with Crippen LogP contribution in [0.3, 0.4) is 0 Å². The van der Waals surface area contributed by atoms with Crippen LogP contribution < -0.4 is 0 Å². The fourth-order valence-electron chi connectivity index (χ4n) is 1.26. The van der Waals surface area contributed by atoms with Gasteiger partial charge in [-0.1, -0.05) is 12.2 Å². The molecule has 0 aliphatic heterocycles. The van der Waals surface area contributed by atoms with Crippen molar-refractivity contribution < 1.29 is 9.90 Å². The van der Waals surface area contributed by atoms with Gasteiger partial charge in [-0.2, -0.15) is 4.98 Å². The molecule has 0 spiro atoms. The van der Waals surface area contributed by atoms with E-state index in [1.807, 2.05) is 0 Å². The van der Waals surface area contributed by atoms with E-state index in [2.05, 4.69) is 15.1 Å². The highest BCUT2D eigenvalue weighted by Gasteiger charge is 2.07. The molecule has 7 heteroatoms. The first kappa shape index (κ1) is 9.78. The predicted molar refractivity (Wildman–Crippen MR) is 54.2 cm³/mol. The number of nitrogens with zero attached hydrogens (tertiary/aromatic N) is 3. The Balaban J connectivity index is 2.60. The van der Waals surface area contributed by atoms with Gasteiger partial charge in [-0.05, 0) is 13.0 Å². The van der Waals surface area contributed by atoms with Crippen molar-refractivity contribution >= 4 is 24.0 Å². The number of carboxylic acid groups (broad SMARTS) is 1. The van der Waals surface area contributed by atoms with Gasteiger partial charge < -0.3 is 5.11 Å². The van der Waals surface area contributed by atoms with Crippen LogP contribution >= 0.6 is 12.2 Å². The van der Waals surface area contributed by atoms with Crippen molar-refractivity contribution in [3.05, 3.63) is 22.2 Å². The highest BCUT2D eigenvalue weighted by atomic mass is 32.1. The molecular weight excluding hydrogens is 216 g/mol. The Labute approximate surface area is 89.6 Å². The van der Waals surface area contributed by atoms with Crippen LogP contribution in [0.2, 0.25) is 0 Å². The Morgan fingerprint density at radius 3 is 3.07 bits per heavy atom. The van der Waals surface area contributed by atoms with E-state index < -0.39 is 5.97 Å². The van der Waals surface area contributed by atoms with E-state index >= 15 is 0 Å². The molecule has 6 nitrogen and oxygen atoms in total. The van der Waals surface area contributed by atoms with E-state index in [0.717, 1.165) is 5.69 Å². The Bertz CT molecular complexity index is 586. The quantitative estimate of drug-likeness (QED) is 0.734. The average molecular weight is 224 g/mol. The van der Waals surface area contributed by atoms with Crippen LogP contribution in [-0.4, -0.2) is 30.7 Å². The fourth-order valence-corrected chi connectivity index (χ4v) is 1.56. The molecule has 2 rings (SSSR count). The maximum absolute atomic E-state index is 10.5. The third-order valence-corrected chi connectivity index (χ3v) is 2.12. The summed E-state index contributed by atoms with van der Waals surface area (Å²) in [6.45, 7) is 1.81. The third-order valence-electron chi connectivity index (χ3n) is 1.82. The third kappa shape index (κ3) is 1.86. The minimum Gasteiger partial charge on any atom is -0.481 e. The molecule has 15 heavy (non-hydrogen) atoms. The summed E-state index contributed by atoms with van der Waals surface area (Å²) in [6, 6.07) is 1.71. The molecule has 0 bridgehead atoms. The maximum atomic E-state index is 10.5. The number of fused-ring (bicyclic) bond motifs is 1. The topological polar surface area (TPSA) is 83.3 Å². The predicted octanol–water partition coefficient (Wildman–Crippen LogP) is 0.722. The van der Waals surface area contributed by atoms with Crippen molar-refractivity contribution in [3.63, 3.8) is 0 Å². The van der Waals surface area contributed by atoms with E-state index in [1.54, 1.807) is 13.0 Å². The van der Waals surface area contributed by atoms with Crippen molar-refractivity contribution in [2.75, 3.05) is 0 Å². The normalized spacial score (nSPS) is 10.7. The second kappa shape index (κ2) is 3.43. The summed E-state index contributed by atoms with van der Waals surface area (Å²) in [5, 5.41) is 11.4. The van der Waals surface area contributed by atoms with Gasteiger partial charge in [0.1, 0.15) is 16.9 Å². The van der Waals surface area contributed by atoms with Gasteiger partial charge in [0, 0.05) is 5.69 Å². The van der Waals surface area contributed by atoms with Crippen molar-refractivity contribution in [3.8, 4) is 0 Å². The van der Waals surface area contributed by atoms with E-state index in [4.69, 9.17) is 17.3 Å². The molecule has 2 N–H and O–H groups in total. The summed E-state index contributed by atoms with van der Waals surface area (Å²) in [4.78, 5) is 18.6. The number of hydrogen-bond donors (Lipinski definition) is 2. The number of hydrogen-bond acceptors (Lipinski definition) is 4. The highest BCUT2D eigenvalue weighted by Crippen LogP contribution is 2.02. The fraction of sp³-hybridized carbons (Fsp3) is 0.250. The molecule has 78 valence electrons. The molecule has 0 aromatic carbocycles. The first-order chi connectivity index (χ1) is 7.06. The van der Waals surface area contributed by atoms with Crippen LogP contribution in [0.1, 0.15) is 11.5 Å². The van der Waals surface area contributed by atoms with Gasteiger partial charge in [0.2, 0.25) is 0 Å². The molecular formula is C8H8N4O2S. The lowest BCUT2D eigenvalue weighted by Crippen LogP contribution is -2.02. The lowest BCUT2D eigenvalue weighted by molar-refractivity contribution is -0.136. The van der Waals surface area contributed by atoms with Gasteiger partial charge in [-0.15, -0.1) is 0 Å². The number of aromatic amines is 1. The largest absolute Gasteiger partial charge is 0.481 e. The number of aryl methyl sites for hydroxylation is 1. The van der Waals surface area contributed by atoms with Gasteiger partial charge in [0.05, 0.1) is 0 Å². The smallest absolute Gasteiger partial charge is 0.311 e. The zero-order valence-corrected chi connectivity index (χ0v) is 8.71. The molecule has 0 fully saturated rings. The molecule has 2 aromatic rings. The van der Waals surface area contributed by atoms with Crippen LogP contribution in [0, 0.1) is 11.6 Å². The lowest BCUT2D eigenvalue weighted by Gasteiger charge is -1.92. The lowest BCUT2D eigenvalue weighted by atomic mass is 10.4. The second-order valence-electron chi connectivity index (χ2n) is 3.11. The summed E-state index contributed by atoms with van der Waals surface area (Å²) in [6.07, 6.45) is -0.169. The minimum absolute atomic E-state index is 0.169. The molecule has 0 aliphatic rings. The second-order valence-corrected chi connectivity index (χ2v) is 3.53. The summed E-state index contributed by atoms with van der Waals surface area (Å²) >= 11 is 5.07. The number of carboxylic acids is 1. The van der Waals surface area contributed by atoms with Gasteiger partial charge in [0.25, 0.3) is 5.78 Å². The van der Waals surface area contributed by atoms with Gasteiger partial charge in [-0.25, -0.2) is 9.50 Å². The number of aliphatic carboxylic acids is 1. The standard InChI is InChI=1S/C8H8N4O2S/c1-4-2-6(15)12-8(9-4)10-5(11-12)3-7(13)14/h2H,3H2,1H3,(H,13,14)(H,9,10,11). The molecule has 0 radical (unpaired) electrons. The molecule has 0 aliphatic carbocycles. The first-order valence-corrected chi connectivity index (χ1v) is 4.64. The summed E-state index contributed by atoms with van der Waals surface area (Å²) < 4.78 is 2.02. The summed E-state index contributed by atoms with van der Waals surface area (Å²) in [7, 11) is 0. The van der Waals surface area contributed by atoms with Crippen molar-refractivity contribution in [1.82, 2.24) is 19.6 Å². The van der Waals surface area contributed by atoms with E-state index in [9.17, 15) is 4.79 Å². The minimum atomic E-state index is -0.947. The van der Waals surface area contributed by atoms with Crippen LogP contribution in [-0.2, 0) is 11.2 Å². The zero-order valence-electron chi connectivity index (χ0n) is 7.89. The van der Waals surface area contributed by atoms with Crippen LogP contribution in [0.5, 0.6) is 0 Å². The Kier molecular flexibility index (Phi) is 2.24. The number of H-pyrrole nitrogens is 1.